The standard InChI is InChI=1S/C14H29NO2S/c1-3-13-7-5-8-14(11-13,12-15)9-6-10-18(16,17)4-2/h13H,3-12,15H2,1-2H3. The Hall–Kier alpha value is -0.0900. The van der Waals surface area contributed by atoms with E-state index in [4.69, 9.17) is 5.73 Å². The van der Waals surface area contributed by atoms with Gasteiger partial charge in [-0.3, -0.25) is 0 Å². The summed E-state index contributed by atoms with van der Waals surface area (Å²) in [5, 5.41) is 0. The maximum Gasteiger partial charge on any atom is 0.150 e. The van der Waals surface area contributed by atoms with Crippen molar-refractivity contribution >= 4 is 9.84 Å². The topological polar surface area (TPSA) is 60.2 Å². The lowest BCUT2D eigenvalue weighted by molar-refractivity contribution is 0.130. The molecule has 1 aliphatic rings. The average molecular weight is 275 g/mol. The summed E-state index contributed by atoms with van der Waals surface area (Å²) >= 11 is 0. The van der Waals surface area contributed by atoms with E-state index in [1.54, 1.807) is 6.92 Å². The molecule has 1 saturated carbocycles. The molecule has 3 nitrogen and oxygen atoms in total. The van der Waals surface area contributed by atoms with Crippen LogP contribution in [0.15, 0.2) is 0 Å². The van der Waals surface area contributed by atoms with Gasteiger partial charge in [-0.1, -0.05) is 33.1 Å². The van der Waals surface area contributed by atoms with Gasteiger partial charge in [-0.15, -0.1) is 0 Å². The van der Waals surface area contributed by atoms with Crippen LogP contribution in [0.25, 0.3) is 0 Å². The Morgan fingerprint density at radius 2 is 2.06 bits per heavy atom. The van der Waals surface area contributed by atoms with Crippen LogP contribution in [0.2, 0.25) is 0 Å². The van der Waals surface area contributed by atoms with Gasteiger partial charge in [0.15, 0.2) is 0 Å². The Bertz CT molecular complexity index is 340. The summed E-state index contributed by atoms with van der Waals surface area (Å²) in [6, 6.07) is 0. The Balaban J connectivity index is 2.50. The first-order valence-corrected chi connectivity index (χ1v) is 9.19. The van der Waals surface area contributed by atoms with E-state index in [0.717, 1.165) is 25.3 Å². The molecule has 1 fully saturated rings. The molecule has 0 aromatic rings. The lowest BCUT2D eigenvalue weighted by atomic mass is 9.67. The van der Waals surface area contributed by atoms with E-state index in [1.807, 2.05) is 0 Å². The molecule has 0 saturated heterocycles. The molecule has 108 valence electrons. The van der Waals surface area contributed by atoms with Crippen LogP contribution in [-0.2, 0) is 9.84 Å². The maximum absolute atomic E-state index is 11.5. The van der Waals surface area contributed by atoms with Gasteiger partial charge in [0.05, 0.1) is 5.75 Å². The van der Waals surface area contributed by atoms with Crippen molar-refractivity contribution in [2.75, 3.05) is 18.1 Å². The van der Waals surface area contributed by atoms with Crippen molar-refractivity contribution in [3.05, 3.63) is 0 Å². The molecule has 0 bridgehead atoms. The highest BCUT2D eigenvalue weighted by Gasteiger charge is 2.34. The van der Waals surface area contributed by atoms with Crippen molar-refractivity contribution in [1.29, 1.82) is 0 Å². The molecular formula is C14H29NO2S. The molecule has 0 heterocycles. The van der Waals surface area contributed by atoms with Crippen LogP contribution >= 0.6 is 0 Å². The smallest absolute Gasteiger partial charge is 0.150 e. The summed E-state index contributed by atoms with van der Waals surface area (Å²) in [4.78, 5) is 0. The van der Waals surface area contributed by atoms with E-state index in [0.29, 0.717) is 5.75 Å². The van der Waals surface area contributed by atoms with E-state index in [-0.39, 0.29) is 11.2 Å². The second-order valence-electron chi connectivity index (χ2n) is 5.91. The van der Waals surface area contributed by atoms with E-state index >= 15 is 0 Å². The molecule has 0 aromatic carbocycles. The normalized spacial score (nSPS) is 29.4. The molecule has 2 unspecified atom stereocenters. The second kappa shape index (κ2) is 6.90. The van der Waals surface area contributed by atoms with Crippen LogP contribution in [0.1, 0.15) is 58.8 Å². The third kappa shape index (κ3) is 4.54. The van der Waals surface area contributed by atoms with E-state index in [9.17, 15) is 8.42 Å². The molecule has 1 rings (SSSR count). The predicted octanol–water partition coefficient (Wildman–Crippen LogP) is 2.75. The van der Waals surface area contributed by atoms with Crippen molar-refractivity contribution in [1.82, 2.24) is 0 Å². The molecular weight excluding hydrogens is 246 g/mol. The van der Waals surface area contributed by atoms with Crippen LogP contribution in [-0.4, -0.2) is 26.5 Å². The van der Waals surface area contributed by atoms with Crippen molar-refractivity contribution < 1.29 is 8.42 Å². The monoisotopic (exact) mass is 275 g/mol. The van der Waals surface area contributed by atoms with Gasteiger partial charge in [0.1, 0.15) is 9.84 Å². The zero-order chi connectivity index (χ0) is 13.6. The fraction of sp³-hybridized carbons (Fsp3) is 1.00. The molecule has 0 radical (unpaired) electrons. The summed E-state index contributed by atoms with van der Waals surface area (Å²) in [5.74, 6) is 1.40. The third-order valence-electron chi connectivity index (χ3n) is 4.65. The Labute approximate surface area is 112 Å². The summed E-state index contributed by atoms with van der Waals surface area (Å²) in [6.45, 7) is 4.69. The number of hydrogen-bond acceptors (Lipinski definition) is 3. The fourth-order valence-electron chi connectivity index (χ4n) is 3.26. The highest BCUT2D eigenvalue weighted by atomic mass is 32.2. The molecule has 18 heavy (non-hydrogen) atoms. The van der Waals surface area contributed by atoms with Gasteiger partial charge in [-0.05, 0) is 43.6 Å². The summed E-state index contributed by atoms with van der Waals surface area (Å²) in [5.41, 5.74) is 6.21. The molecule has 0 amide bonds. The van der Waals surface area contributed by atoms with Crippen molar-refractivity contribution in [3.8, 4) is 0 Å². The quantitative estimate of drug-likeness (QED) is 0.777. The summed E-state index contributed by atoms with van der Waals surface area (Å²) in [6.07, 6.45) is 7.97. The van der Waals surface area contributed by atoms with Crippen LogP contribution in [0.5, 0.6) is 0 Å². The third-order valence-corrected chi connectivity index (χ3v) is 6.44. The van der Waals surface area contributed by atoms with Gasteiger partial charge >= 0.3 is 0 Å². The molecule has 0 aromatic heterocycles. The van der Waals surface area contributed by atoms with E-state index < -0.39 is 9.84 Å². The minimum Gasteiger partial charge on any atom is -0.330 e. The lowest BCUT2D eigenvalue weighted by Crippen LogP contribution is -2.36. The van der Waals surface area contributed by atoms with Crippen LogP contribution in [0.4, 0.5) is 0 Å². The Morgan fingerprint density at radius 1 is 1.33 bits per heavy atom. The van der Waals surface area contributed by atoms with Gasteiger partial charge in [0, 0.05) is 5.75 Å². The van der Waals surface area contributed by atoms with Gasteiger partial charge in [-0.25, -0.2) is 8.42 Å². The molecule has 0 spiro atoms. The van der Waals surface area contributed by atoms with Gasteiger partial charge < -0.3 is 5.73 Å². The molecule has 2 atom stereocenters. The van der Waals surface area contributed by atoms with E-state index in [2.05, 4.69) is 6.92 Å². The molecule has 2 N–H and O–H groups in total. The second-order valence-corrected chi connectivity index (χ2v) is 8.39. The number of sulfone groups is 1. The maximum atomic E-state index is 11.5. The van der Waals surface area contributed by atoms with Crippen LogP contribution in [0, 0.1) is 11.3 Å². The summed E-state index contributed by atoms with van der Waals surface area (Å²) in [7, 11) is -2.82. The Kier molecular flexibility index (Phi) is 6.12. The van der Waals surface area contributed by atoms with Gasteiger partial charge in [0.2, 0.25) is 0 Å². The first-order chi connectivity index (χ1) is 8.47. The van der Waals surface area contributed by atoms with Crippen molar-refractivity contribution in [2.24, 2.45) is 17.1 Å². The minimum atomic E-state index is -2.82. The SMILES string of the molecule is CCC1CCCC(CN)(CCCS(=O)(=O)CC)C1. The van der Waals surface area contributed by atoms with Gasteiger partial charge in [-0.2, -0.15) is 0 Å². The largest absolute Gasteiger partial charge is 0.330 e. The number of nitrogens with two attached hydrogens (primary N) is 1. The molecule has 0 aliphatic heterocycles. The first-order valence-electron chi connectivity index (χ1n) is 7.37. The average Bonchev–Trinajstić information content (AvgIpc) is 2.38. The zero-order valence-electron chi connectivity index (χ0n) is 12.0. The molecule has 4 heteroatoms. The van der Waals surface area contributed by atoms with E-state index in [1.165, 1.54) is 32.1 Å². The van der Waals surface area contributed by atoms with Crippen molar-refractivity contribution in [3.63, 3.8) is 0 Å². The van der Waals surface area contributed by atoms with Gasteiger partial charge in [0.25, 0.3) is 0 Å². The van der Waals surface area contributed by atoms with Crippen molar-refractivity contribution in [2.45, 2.75) is 58.8 Å². The Morgan fingerprint density at radius 3 is 2.61 bits per heavy atom. The minimum absolute atomic E-state index is 0.224. The highest BCUT2D eigenvalue weighted by molar-refractivity contribution is 7.91. The van der Waals surface area contributed by atoms with Crippen LogP contribution in [0.3, 0.4) is 0 Å². The van der Waals surface area contributed by atoms with Crippen LogP contribution < -0.4 is 5.73 Å². The summed E-state index contributed by atoms with van der Waals surface area (Å²) < 4.78 is 23.0. The number of rotatable bonds is 7. The lowest BCUT2D eigenvalue weighted by Gasteiger charge is -2.40. The molecule has 1 aliphatic carbocycles. The fourth-order valence-corrected chi connectivity index (χ4v) is 4.13. The highest BCUT2D eigenvalue weighted by Crippen LogP contribution is 2.43. The first kappa shape index (κ1) is 16.0. The predicted molar refractivity (Wildman–Crippen MR) is 77.3 cm³/mol. The zero-order valence-corrected chi connectivity index (χ0v) is 12.8. The number of hydrogen-bond donors (Lipinski definition) is 1.